The van der Waals surface area contributed by atoms with Crippen molar-refractivity contribution < 1.29 is 0 Å². The van der Waals surface area contributed by atoms with Gasteiger partial charge < -0.3 is 27.4 Å². The maximum atomic E-state index is 2.38. The summed E-state index contributed by atoms with van der Waals surface area (Å²) >= 11 is 0. The Morgan fingerprint density at radius 2 is 0.388 bits per heavy atom. The second kappa shape index (κ2) is 36.7. The van der Waals surface area contributed by atoms with Gasteiger partial charge in [0.05, 0.1) is 38.6 Å². The van der Waals surface area contributed by atoms with Crippen molar-refractivity contribution in [3.8, 4) is 17.1 Å². The van der Waals surface area contributed by atoms with Crippen LogP contribution < -0.4 is 0 Å². The Morgan fingerprint density at radius 1 is 0.132 bits per heavy atom. The lowest BCUT2D eigenvalue weighted by atomic mass is 10.0. The quantitative estimate of drug-likeness (QED) is 0.169. The van der Waals surface area contributed by atoms with Crippen LogP contribution in [0.25, 0.3) is 213 Å². The smallest absolute Gasteiger partial charge is 0.0619 e. The number of fused-ring (bicyclic) bond motifs is 28. The third kappa shape index (κ3) is 15.1. The molecule has 21 aromatic carbocycles. The summed E-state index contributed by atoms with van der Waals surface area (Å²) in [6, 6.07) is 162. The van der Waals surface area contributed by atoms with Crippen molar-refractivity contribution in [2.24, 2.45) is 21.1 Å². The molecule has 624 valence electrons. The first-order valence-corrected chi connectivity index (χ1v) is 45.3. The number of para-hydroxylation sites is 9. The fourth-order valence-electron chi connectivity index (χ4n) is 19.4. The monoisotopic (exact) mass is 1660 g/mol. The minimum absolute atomic E-state index is 1.20. The van der Waals surface area contributed by atoms with E-state index >= 15 is 0 Å². The van der Waals surface area contributed by atoms with E-state index in [9.17, 15) is 0 Å². The van der Waals surface area contributed by atoms with Crippen LogP contribution in [0, 0.1) is 0 Å². The molecule has 0 radical (unpaired) electrons. The highest BCUT2D eigenvalue weighted by Gasteiger charge is 2.19. The van der Waals surface area contributed by atoms with E-state index in [0.29, 0.717) is 0 Å². The average Bonchev–Trinajstić information content (AvgIpc) is 1.59. The number of hydrogen-bond donors (Lipinski definition) is 0. The Bertz CT molecular complexity index is 8630. The molecular formula is C123H102N6. The first-order valence-electron chi connectivity index (χ1n) is 45.3. The minimum atomic E-state index is 1.20. The van der Waals surface area contributed by atoms with E-state index in [1.807, 2.05) is 41.5 Å². The molecule has 0 aliphatic heterocycles. The van der Waals surface area contributed by atoms with Gasteiger partial charge in [-0.2, -0.15) is 0 Å². The van der Waals surface area contributed by atoms with Crippen molar-refractivity contribution >= 4 is 195 Å². The predicted octanol–water partition coefficient (Wildman–Crippen LogP) is 34.3. The predicted molar refractivity (Wildman–Crippen MR) is 563 cm³/mol. The van der Waals surface area contributed by atoms with Crippen LogP contribution in [0.3, 0.4) is 0 Å². The Labute approximate surface area is 752 Å². The molecule has 0 aliphatic carbocycles. The van der Waals surface area contributed by atoms with E-state index in [0.717, 1.165) is 0 Å². The molecule has 6 heterocycles. The molecule has 0 aliphatic rings. The van der Waals surface area contributed by atoms with Gasteiger partial charge in [0.15, 0.2) is 0 Å². The standard InChI is InChI=1S/3C22H15N.3C17H13N.3C2H6/c1-2-10-18(11-3-1)23-21-13-7-6-12-19(21)20-14-16-8-4-5-9-17(16)15-22(20)23;1-2-9-17(10-3-1)23-21-13-7-6-12-19(21)20-15-14-16-8-4-5-11-18(16)22(20)23;1-2-9-17(10-3-1)23-20-13-7-6-12-19(20)22-18-11-5-4-8-16(18)14-15-21(22)23;1-18-16-9-5-4-8-14(16)15-10-12-6-2-3-7-13(12)11-17(15)18;1-18-16-9-5-4-8-14(16)15-11-10-12-6-2-3-7-13(12)17(15)18;1-18-15-9-5-4-8-14(15)17-13-7-3-2-6-12(13)10-11-16(17)18;3*1-2/h3*1-15H;3*2-11H,1H3;3*1-2H3. The van der Waals surface area contributed by atoms with Gasteiger partial charge in [-0.3, -0.25) is 0 Å². The minimum Gasteiger partial charge on any atom is -0.344 e. The van der Waals surface area contributed by atoms with Crippen molar-refractivity contribution in [3.05, 3.63) is 455 Å². The highest BCUT2D eigenvalue weighted by Crippen LogP contribution is 2.42. The van der Waals surface area contributed by atoms with E-state index in [1.165, 1.54) is 213 Å². The zero-order valence-electron chi connectivity index (χ0n) is 74.5. The second-order valence-electron chi connectivity index (χ2n) is 32.0. The molecule has 0 unspecified atom stereocenters. The van der Waals surface area contributed by atoms with E-state index in [2.05, 4.69) is 504 Å². The van der Waals surface area contributed by atoms with Crippen LogP contribution in [0.15, 0.2) is 455 Å². The molecule has 6 heteroatoms. The molecule has 0 fully saturated rings. The van der Waals surface area contributed by atoms with Crippen molar-refractivity contribution in [3.63, 3.8) is 0 Å². The fourth-order valence-corrected chi connectivity index (χ4v) is 19.4. The topological polar surface area (TPSA) is 29.6 Å². The fraction of sp³-hybridized carbons (Fsp3) is 0.0732. The van der Waals surface area contributed by atoms with Crippen LogP contribution in [-0.2, 0) is 21.1 Å². The van der Waals surface area contributed by atoms with Gasteiger partial charge in [0, 0.05) is 141 Å². The Morgan fingerprint density at radius 3 is 0.860 bits per heavy atom. The Kier molecular flexibility index (Phi) is 23.5. The zero-order chi connectivity index (χ0) is 88.0. The van der Waals surface area contributed by atoms with Gasteiger partial charge in [0.1, 0.15) is 0 Å². The summed E-state index contributed by atoms with van der Waals surface area (Å²) in [5, 5.41) is 31.5. The molecule has 6 nitrogen and oxygen atoms in total. The van der Waals surface area contributed by atoms with Crippen LogP contribution in [0.5, 0.6) is 0 Å². The largest absolute Gasteiger partial charge is 0.344 e. The highest BCUT2D eigenvalue weighted by atomic mass is 15.0. The maximum Gasteiger partial charge on any atom is 0.0619 e. The molecule has 129 heavy (non-hydrogen) atoms. The first kappa shape index (κ1) is 82.6. The van der Waals surface area contributed by atoms with Crippen molar-refractivity contribution in [1.29, 1.82) is 0 Å². The summed E-state index contributed by atoms with van der Waals surface area (Å²) < 4.78 is 13.9. The molecule has 0 amide bonds. The lowest BCUT2D eigenvalue weighted by Gasteiger charge is -2.09. The molecule has 0 N–H and O–H groups in total. The number of nitrogens with zero attached hydrogens (tertiary/aromatic N) is 6. The molecule has 0 atom stereocenters. The van der Waals surface area contributed by atoms with Crippen LogP contribution in [0.2, 0.25) is 0 Å². The van der Waals surface area contributed by atoms with Crippen molar-refractivity contribution in [2.75, 3.05) is 0 Å². The summed E-state index contributed by atoms with van der Waals surface area (Å²) in [5.74, 6) is 0. The number of benzene rings is 21. The van der Waals surface area contributed by atoms with Gasteiger partial charge in [0.25, 0.3) is 0 Å². The summed E-state index contributed by atoms with van der Waals surface area (Å²) in [7, 11) is 6.43. The van der Waals surface area contributed by atoms with Gasteiger partial charge >= 0.3 is 0 Å². The van der Waals surface area contributed by atoms with E-state index in [-0.39, 0.29) is 0 Å². The lowest BCUT2D eigenvalue weighted by Crippen LogP contribution is -1.93. The SMILES string of the molecule is CC.CC.CC.Cn1c2ccccc2c2c3ccccc3ccc21.Cn1c2ccccc2c2cc3ccccc3cc21.Cn1c2ccccc2c2ccc3ccccc3c21.c1ccc(-n2c3ccccc3c3c4ccccc4ccc32)cc1.c1ccc(-n2c3ccccc3c3cc4ccccc4cc32)cc1.c1ccc(-n2c3ccccc3c3ccc4ccccc4c32)cc1. The molecule has 27 rings (SSSR count). The summed E-state index contributed by atoms with van der Waals surface area (Å²) in [6.07, 6.45) is 0. The molecule has 0 bridgehead atoms. The summed E-state index contributed by atoms with van der Waals surface area (Å²) in [5.41, 5.74) is 19.0. The molecule has 6 aromatic heterocycles. The number of hydrogen-bond acceptors (Lipinski definition) is 0. The Balaban J connectivity index is 0.0000000996. The molecule has 27 aromatic rings. The van der Waals surface area contributed by atoms with Crippen LogP contribution in [0.4, 0.5) is 0 Å². The van der Waals surface area contributed by atoms with Gasteiger partial charge in [-0.15, -0.1) is 0 Å². The number of rotatable bonds is 3. The number of aromatic nitrogens is 6. The third-order valence-corrected chi connectivity index (χ3v) is 25.1. The van der Waals surface area contributed by atoms with Crippen LogP contribution in [-0.4, -0.2) is 27.4 Å². The lowest BCUT2D eigenvalue weighted by molar-refractivity contribution is 1.01. The normalized spacial score (nSPS) is 11.1. The van der Waals surface area contributed by atoms with Crippen molar-refractivity contribution in [1.82, 2.24) is 27.4 Å². The third-order valence-electron chi connectivity index (χ3n) is 25.1. The van der Waals surface area contributed by atoms with Crippen molar-refractivity contribution in [2.45, 2.75) is 41.5 Å². The molecule has 0 saturated carbocycles. The van der Waals surface area contributed by atoms with Gasteiger partial charge in [-0.05, 0) is 163 Å². The van der Waals surface area contributed by atoms with Gasteiger partial charge in [-0.25, -0.2) is 0 Å². The van der Waals surface area contributed by atoms with E-state index in [4.69, 9.17) is 0 Å². The second-order valence-corrected chi connectivity index (χ2v) is 32.0. The number of aryl methyl sites for hydroxylation is 3. The van der Waals surface area contributed by atoms with Crippen LogP contribution in [0.1, 0.15) is 41.5 Å². The molecule has 0 saturated heterocycles. The highest BCUT2D eigenvalue weighted by molar-refractivity contribution is 6.24. The first-order chi connectivity index (χ1) is 63.8. The maximum absolute atomic E-state index is 2.38. The van der Waals surface area contributed by atoms with Crippen LogP contribution >= 0.6 is 0 Å². The zero-order valence-corrected chi connectivity index (χ0v) is 74.5. The summed E-state index contributed by atoms with van der Waals surface area (Å²) in [4.78, 5) is 0. The average molecular weight is 1660 g/mol. The van der Waals surface area contributed by atoms with Gasteiger partial charge in [-0.1, -0.05) is 387 Å². The van der Waals surface area contributed by atoms with Gasteiger partial charge in [0.2, 0.25) is 0 Å². The van der Waals surface area contributed by atoms with E-state index in [1.54, 1.807) is 0 Å². The van der Waals surface area contributed by atoms with E-state index < -0.39 is 0 Å². The Hall–Kier alpha value is -16.0. The molecular weight excluding hydrogens is 1560 g/mol. The summed E-state index contributed by atoms with van der Waals surface area (Å²) in [6.45, 7) is 12.0. The molecule has 0 spiro atoms.